The molecule has 26 heavy (non-hydrogen) atoms. The van der Waals surface area contributed by atoms with E-state index >= 15 is 0 Å². The lowest BCUT2D eigenvalue weighted by molar-refractivity contribution is 0.0566. The predicted octanol–water partition coefficient (Wildman–Crippen LogP) is 1.44. The second-order valence-electron chi connectivity index (χ2n) is 5.07. The van der Waals surface area contributed by atoms with Crippen LogP contribution in [-0.4, -0.2) is 37.8 Å². The zero-order valence-electron chi connectivity index (χ0n) is 13.3. The van der Waals surface area contributed by atoms with Gasteiger partial charge in [0.1, 0.15) is 11.4 Å². The number of H-pyrrole nitrogens is 1. The van der Waals surface area contributed by atoms with Crippen molar-refractivity contribution >= 4 is 23.3 Å². The molecular formula is C14H12F2N6O3S. The molecule has 0 saturated heterocycles. The summed E-state index contributed by atoms with van der Waals surface area (Å²) in [6.07, 6.45) is 1.25. The number of esters is 1. The Morgan fingerprint density at radius 2 is 2.23 bits per heavy atom. The molecule has 0 saturated carbocycles. The molecule has 0 bridgehead atoms. The maximum absolute atomic E-state index is 13.0. The minimum absolute atomic E-state index is 0.0606. The number of nitrogens with one attached hydrogen (secondary N) is 1. The molecule has 0 aromatic carbocycles. The van der Waals surface area contributed by atoms with Crippen LogP contribution in [0.5, 0.6) is 0 Å². The lowest BCUT2D eigenvalue weighted by atomic mass is 10.1. The number of thiazole rings is 1. The molecule has 0 aliphatic carbocycles. The lowest BCUT2D eigenvalue weighted by Crippen LogP contribution is -2.11. The maximum Gasteiger partial charge on any atom is 0.357 e. The Morgan fingerprint density at radius 3 is 2.88 bits per heavy atom. The van der Waals surface area contributed by atoms with E-state index in [0.29, 0.717) is 15.3 Å². The molecule has 12 heteroatoms. The van der Waals surface area contributed by atoms with Gasteiger partial charge >= 0.3 is 12.5 Å². The normalized spacial score (nSPS) is 11.1. The van der Waals surface area contributed by atoms with Crippen molar-refractivity contribution in [3.63, 3.8) is 0 Å². The second-order valence-corrected chi connectivity index (χ2v) is 6.01. The van der Waals surface area contributed by atoms with Crippen molar-refractivity contribution in [3.8, 4) is 11.4 Å². The lowest BCUT2D eigenvalue weighted by Gasteiger charge is -2.01. The fraction of sp³-hybridized carbons (Fsp3) is 0.214. The van der Waals surface area contributed by atoms with Gasteiger partial charge in [0.15, 0.2) is 5.69 Å². The van der Waals surface area contributed by atoms with Gasteiger partial charge in [-0.1, -0.05) is 0 Å². The van der Waals surface area contributed by atoms with E-state index < -0.39 is 18.1 Å². The standard InChI is InChI=1S/C14H12F2N6O3S/c1-25-12(24)8-5-26-10(18-8)2-6-4-22(13(15)16)21-11(6)7-3-9(23)20-14(17)19-7/h3-5,13H,2H2,1H3,(H3,17,19,20,23). The smallest absolute Gasteiger partial charge is 0.357 e. The molecule has 0 radical (unpaired) electrons. The number of ether oxygens (including phenoxy) is 1. The molecule has 0 amide bonds. The van der Waals surface area contributed by atoms with Crippen LogP contribution in [0, 0.1) is 0 Å². The van der Waals surface area contributed by atoms with Crippen LogP contribution in [-0.2, 0) is 11.2 Å². The van der Waals surface area contributed by atoms with E-state index in [1.54, 1.807) is 0 Å². The summed E-state index contributed by atoms with van der Waals surface area (Å²) in [5, 5.41) is 5.78. The topological polar surface area (TPSA) is 129 Å². The third-order valence-corrected chi connectivity index (χ3v) is 4.15. The minimum atomic E-state index is -2.87. The first-order chi connectivity index (χ1) is 12.4. The summed E-state index contributed by atoms with van der Waals surface area (Å²) in [7, 11) is 1.23. The molecule has 0 atom stereocenters. The van der Waals surface area contributed by atoms with Gasteiger partial charge in [0.25, 0.3) is 5.56 Å². The van der Waals surface area contributed by atoms with Gasteiger partial charge in [0.05, 0.1) is 12.1 Å². The number of rotatable bonds is 5. The molecular weight excluding hydrogens is 370 g/mol. The molecule has 0 spiro atoms. The fourth-order valence-electron chi connectivity index (χ4n) is 2.23. The van der Waals surface area contributed by atoms with E-state index in [1.165, 1.54) is 23.8 Å². The van der Waals surface area contributed by atoms with Gasteiger partial charge in [-0.05, 0) is 0 Å². The van der Waals surface area contributed by atoms with Gasteiger partial charge in [0.2, 0.25) is 5.95 Å². The van der Waals surface area contributed by atoms with E-state index in [2.05, 4.69) is 24.8 Å². The van der Waals surface area contributed by atoms with Crippen LogP contribution in [0.25, 0.3) is 11.4 Å². The summed E-state index contributed by atoms with van der Waals surface area (Å²) in [6, 6.07) is 1.11. The fourth-order valence-corrected chi connectivity index (χ4v) is 3.01. The number of methoxy groups -OCH3 is 1. The maximum atomic E-state index is 13.0. The third-order valence-electron chi connectivity index (χ3n) is 3.30. The zero-order valence-corrected chi connectivity index (χ0v) is 14.1. The van der Waals surface area contributed by atoms with Crippen molar-refractivity contribution < 1.29 is 18.3 Å². The summed E-state index contributed by atoms with van der Waals surface area (Å²) in [6.45, 7) is -2.87. The van der Waals surface area contributed by atoms with Crippen molar-refractivity contribution in [2.75, 3.05) is 12.8 Å². The van der Waals surface area contributed by atoms with Gasteiger partial charge in [-0.3, -0.25) is 9.78 Å². The summed E-state index contributed by atoms with van der Waals surface area (Å²) in [5.74, 6) is -0.757. The molecule has 0 aliphatic heterocycles. The first kappa shape index (κ1) is 17.7. The SMILES string of the molecule is COC(=O)c1csc(Cc2cn(C(F)F)nc2-c2cc(=O)[nH]c(N)n2)n1. The van der Waals surface area contributed by atoms with Gasteiger partial charge < -0.3 is 10.5 Å². The van der Waals surface area contributed by atoms with Gasteiger partial charge in [-0.15, -0.1) is 11.3 Å². The minimum Gasteiger partial charge on any atom is -0.464 e. The van der Waals surface area contributed by atoms with Crippen molar-refractivity contribution in [1.29, 1.82) is 0 Å². The molecule has 0 fully saturated rings. The van der Waals surface area contributed by atoms with Gasteiger partial charge in [-0.2, -0.15) is 13.9 Å². The highest BCUT2D eigenvalue weighted by molar-refractivity contribution is 7.09. The molecule has 9 nitrogen and oxygen atoms in total. The van der Waals surface area contributed by atoms with Crippen LogP contribution in [0.4, 0.5) is 14.7 Å². The average Bonchev–Trinajstić information content (AvgIpc) is 3.21. The largest absolute Gasteiger partial charge is 0.464 e. The zero-order chi connectivity index (χ0) is 18.8. The second kappa shape index (κ2) is 7.00. The van der Waals surface area contributed by atoms with E-state index in [1.807, 2.05) is 0 Å². The molecule has 0 unspecified atom stereocenters. The molecule has 136 valence electrons. The van der Waals surface area contributed by atoms with Crippen LogP contribution in [0.3, 0.4) is 0 Å². The summed E-state index contributed by atoms with van der Waals surface area (Å²) in [5.41, 5.74) is 5.59. The number of nitrogens with zero attached hydrogens (tertiary/aromatic N) is 4. The number of hydrogen-bond acceptors (Lipinski definition) is 8. The molecule has 3 aromatic rings. The third kappa shape index (κ3) is 3.59. The van der Waals surface area contributed by atoms with E-state index in [9.17, 15) is 18.4 Å². The number of anilines is 1. The summed E-state index contributed by atoms with van der Waals surface area (Å²) >= 11 is 1.17. The first-order valence-electron chi connectivity index (χ1n) is 7.13. The monoisotopic (exact) mass is 382 g/mol. The van der Waals surface area contributed by atoms with Crippen molar-refractivity contribution in [1.82, 2.24) is 24.7 Å². The molecule has 0 aliphatic rings. The quantitative estimate of drug-likeness (QED) is 0.639. The number of aromatic nitrogens is 5. The Morgan fingerprint density at radius 1 is 1.46 bits per heavy atom. The van der Waals surface area contributed by atoms with Crippen LogP contribution in [0.2, 0.25) is 0 Å². The number of alkyl halides is 2. The van der Waals surface area contributed by atoms with Crippen molar-refractivity contribution in [2.45, 2.75) is 13.0 Å². The number of carbonyl (C=O) groups excluding carboxylic acids is 1. The Kier molecular flexibility index (Phi) is 4.75. The molecule has 3 N–H and O–H groups in total. The first-order valence-corrected chi connectivity index (χ1v) is 8.01. The van der Waals surface area contributed by atoms with Crippen LogP contribution in [0.1, 0.15) is 27.6 Å². The van der Waals surface area contributed by atoms with Crippen LogP contribution in [0.15, 0.2) is 22.4 Å². The molecule has 3 aromatic heterocycles. The number of hydrogen-bond donors (Lipinski definition) is 2. The summed E-state index contributed by atoms with van der Waals surface area (Å²) in [4.78, 5) is 33.4. The van der Waals surface area contributed by atoms with Crippen molar-refractivity contribution in [3.05, 3.63) is 44.3 Å². The van der Waals surface area contributed by atoms with E-state index in [0.717, 1.165) is 12.3 Å². The van der Waals surface area contributed by atoms with Crippen LogP contribution >= 0.6 is 11.3 Å². The number of nitrogens with two attached hydrogens (primary N) is 1. The summed E-state index contributed by atoms with van der Waals surface area (Å²) < 4.78 is 31.1. The number of carbonyl (C=O) groups is 1. The number of nitrogen functional groups attached to an aromatic ring is 1. The Hall–Kier alpha value is -3.15. The Balaban J connectivity index is 2.02. The molecule has 3 heterocycles. The van der Waals surface area contributed by atoms with E-state index in [4.69, 9.17) is 5.73 Å². The van der Waals surface area contributed by atoms with E-state index in [-0.39, 0.29) is 29.5 Å². The van der Waals surface area contributed by atoms with Crippen LogP contribution < -0.4 is 11.3 Å². The van der Waals surface area contributed by atoms with Gasteiger partial charge in [0, 0.05) is 29.6 Å². The predicted molar refractivity (Wildman–Crippen MR) is 88.0 cm³/mol. The Labute approximate surface area is 148 Å². The average molecular weight is 382 g/mol. The number of aromatic amines is 1. The Bertz CT molecular complexity index is 1010. The van der Waals surface area contributed by atoms with Gasteiger partial charge in [-0.25, -0.2) is 19.4 Å². The number of halogens is 2. The molecule has 3 rings (SSSR count). The highest BCUT2D eigenvalue weighted by Gasteiger charge is 2.19. The van der Waals surface area contributed by atoms with Crippen molar-refractivity contribution in [2.24, 2.45) is 0 Å². The highest BCUT2D eigenvalue weighted by atomic mass is 32.1. The highest BCUT2D eigenvalue weighted by Crippen LogP contribution is 2.26.